The first-order valence-corrected chi connectivity index (χ1v) is 7.50. The minimum Gasteiger partial charge on any atom is -0.483 e. The van der Waals surface area contributed by atoms with E-state index in [4.69, 9.17) is 9.47 Å². The number of rotatable bonds is 5. The van der Waals surface area contributed by atoms with Gasteiger partial charge in [-0.1, -0.05) is 24.3 Å². The average Bonchev–Trinajstić information content (AvgIpc) is 2.62. The van der Waals surface area contributed by atoms with Crippen molar-refractivity contribution in [3.8, 4) is 5.75 Å². The fourth-order valence-corrected chi connectivity index (χ4v) is 2.63. The molecule has 6 heteroatoms. The number of amides is 2. The van der Waals surface area contributed by atoms with Crippen molar-refractivity contribution in [3.05, 3.63) is 36.4 Å². The van der Waals surface area contributed by atoms with Gasteiger partial charge in [0.15, 0.2) is 6.61 Å². The van der Waals surface area contributed by atoms with E-state index < -0.39 is 0 Å². The molecule has 0 saturated carbocycles. The third-order valence-electron chi connectivity index (χ3n) is 3.81. The second kappa shape index (κ2) is 7.11. The molecule has 2 amide bonds. The summed E-state index contributed by atoms with van der Waals surface area (Å²) >= 11 is 0. The molecule has 1 fully saturated rings. The van der Waals surface area contributed by atoms with Crippen LogP contribution < -0.4 is 10.1 Å². The van der Waals surface area contributed by atoms with Gasteiger partial charge in [0.2, 0.25) is 6.41 Å². The van der Waals surface area contributed by atoms with Crippen LogP contribution in [0.5, 0.6) is 5.75 Å². The summed E-state index contributed by atoms with van der Waals surface area (Å²) in [7, 11) is 0. The molecule has 2 aromatic carbocycles. The number of carbonyl (C=O) groups is 2. The van der Waals surface area contributed by atoms with E-state index in [0.29, 0.717) is 44.2 Å². The lowest BCUT2D eigenvalue weighted by Gasteiger charge is -2.26. The molecule has 1 N–H and O–H groups in total. The fraction of sp³-hybridized carbons (Fsp3) is 0.294. The van der Waals surface area contributed by atoms with Crippen LogP contribution >= 0.6 is 0 Å². The molecule has 1 heterocycles. The van der Waals surface area contributed by atoms with E-state index in [1.165, 1.54) is 0 Å². The molecule has 0 bridgehead atoms. The molecule has 120 valence electrons. The number of benzene rings is 2. The Labute approximate surface area is 134 Å². The Balaban J connectivity index is 1.76. The summed E-state index contributed by atoms with van der Waals surface area (Å²) in [5.41, 5.74) is 0.711. The number of anilines is 1. The van der Waals surface area contributed by atoms with Crippen LogP contribution in [-0.2, 0) is 14.3 Å². The SMILES string of the molecule is O=CNc1ccc(OCC(=O)N2CCOCC2)c2ccccc12. The van der Waals surface area contributed by atoms with Gasteiger partial charge in [-0.25, -0.2) is 0 Å². The van der Waals surface area contributed by atoms with Crippen LogP contribution in [0, 0.1) is 0 Å². The Morgan fingerprint density at radius 1 is 1.17 bits per heavy atom. The van der Waals surface area contributed by atoms with Gasteiger partial charge in [-0.15, -0.1) is 0 Å². The first-order chi connectivity index (χ1) is 11.3. The summed E-state index contributed by atoms with van der Waals surface area (Å²) in [5, 5.41) is 4.40. The summed E-state index contributed by atoms with van der Waals surface area (Å²) in [4.78, 5) is 24.6. The summed E-state index contributed by atoms with van der Waals surface area (Å²) in [5.74, 6) is 0.575. The highest BCUT2D eigenvalue weighted by Gasteiger charge is 2.17. The Kier molecular flexibility index (Phi) is 4.73. The zero-order valence-electron chi connectivity index (χ0n) is 12.7. The van der Waals surface area contributed by atoms with Crippen molar-refractivity contribution in [3.63, 3.8) is 0 Å². The van der Waals surface area contributed by atoms with Gasteiger partial charge >= 0.3 is 0 Å². The van der Waals surface area contributed by atoms with E-state index in [0.717, 1.165) is 10.8 Å². The van der Waals surface area contributed by atoms with Crippen LogP contribution in [0.3, 0.4) is 0 Å². The minimum atomic E-state index is -0.0486. The van der Waals surface area contributed by atoms with Gasteiger partial charge in [-0.05, 0) is 12.1 Å². The molecule has 0 aromatic heterocycles. The number of hydrogen-bond acceptors (Lipinski definition) is 4. The van der Waals surface area contributed by atoms with Gasteiger partial charge in [-0.3, -0.25) is 9.59 Å². The summed E-state index contributed by atoms with van der Waals surface area (Å²) in [6.07, 6.45) is 0.643. The Morgan fingerprint density at radius 3 is 2.65 bits per heavy atom. The molecular formula is C17H18N2O4. The number of fused-ring (bicyclic) bond motifs is 1. The normalized spacial score (nSPS) is 14.5. The van der Waals surface area contributed by atoms with Crippen LogP contribution in [0.1, 0.15) is 0 Å². The number of ether oxygens (including phenoxy) is 2. The number of nitrogens with zero attached hydrogens (tertiary/aromatic N) is 1. The standard InChI is InChI=1S/C17H18N2O4/c20-12-18-15-5-6-16(14-4-2-1-3-13(14)15)23-11-17(21)19-7-9-22-10-8-19/h1-6,12H,7-11H2,(H,18,20). The van der Waals surface area contributed by atoms with Crippen molar-refractivity contribution in [2.45, 2.75) is 0 Å². The highest BCUT2D eigenvalue weighted by molar-refractivity contribution is 6.00. The maximum atomic E-state index is 12.2. The molecule has 0 unspecified atom stereocenters. The van der Waals surface area contributed by atoms with Crippen LogP contribution in [-0.4, -0.2) is 50.1 Å². The molecule has 3 rings (SSSR count). The highest BCUT2D eigenvalue weighted by atomic mass is 16.5. The number of morpholine rings is 1. The molecule has 6 nitrogen and oxygen atoms in total. The van der Waals surface area contributed by atoms with E-state index in [9.17, 15) is 9.59 Å². The fourth-order valence-electron chi connectivity index (χ4n) is 2.63. The first-order valence-electron chi connectivity index (χ1n) is 7.50. The molecule has 0 atom stereocenters. The van der Waals surface area contributed by atoms with Gasteiger partial charge in [0.05, 0.1) is 13.2 Å². The third-order valence-corrected chi connectivity index (χ3v) is 3.81. The van der Waals surface area contributed by atoms with Gasteiger partial charge in [-0.2, -0.15) is 0 Å². The predicted molar refractivity (Wildman–Crippen MR) is 86.5 cm³/mol. The van der Waals surface area contributed by atoms with Crippen molar-refractivity contribution < 1.29 is 19.1 Å². The molecule has 1 saturated heterocycles. The second-order valence-electron chi connectivity index (χ2n) is 5.20. The quantitative estimate of drug-likeness (QED) is 0.852. The van der Waals surface area contributed by atoms with Crippen LogP contribution in [0.25, 0.3) is 10.8 Å². The van der Waals surface area contributed by atoms with E-state index >= 15 is 0 Å². The minimum absolute atomic E-state index is 0.00947. The molecular weight excluding hydrogens is 296 g/mol. The predicted octanol–water partition coefficient (Wildman–Crippen LogP) is 1.65. The molecule has 1 aliphatic heterocycles. The zero-order valence-corrected chi connectivity index (χ0v) is 12.7. The first kappa shape index (κ1) is 15.3. The van der Waals surface area contributed by atoms with Crippen LogP contribution in [0.4, 0.5) is 5.69 Å². The van der Waals surface area contributed by atoms with E-state index in [2.05, 4.69) is 5.32 Å². The monoisotopic (exact) mass is 314 g/mol. The highest BCUT2D eigenvalue weighted by Crippen LogP contribution is 2.31. The van der Waals surface area contributed by atoms with Gasteiger partial charge in [0.1, 0.15) is 5.75 Å². The van der Waals surface area contributed by atoms with Crippen molar-refractivity contribution in [1.82, 2.24) is 4.90 Å². The summed E-state index contributed by atoms with van der Waals surface area (Å²) in [6.45, 7) is 2.34. The van der Waals surface area contributed by atoms with Crippen LogP contribution in [0.15, 0.2) is 36.4 Å². The topological polar surface area (TPSA) is 67.9 Å². The summed E-state index contributed by atoms with van der Waals surface area (Å²) in [6, 6.07) is 11.1. The Hall–Kier alpha value is -2.60. The molecule has 0 aliphatic carbocycles. The van der Waals surface area contributed by atoms with E-state index in [1.54, 1.807) is 17.0 Å². The zero-order chi connectivity index (χ0) is 16.1. The van der Waals surface area contributed by atoms with Gasteiger partial charge in [0, 0.05) is 29.5 Å². The third kappa shape index (κ3) is 3.43. The number of carbonyl (C=O) groups excluding carboxylic acids is 2. The number of nitrogens with one attached hydrogen (secondary N) is 1. The lowest BCUT2D eigenvalue weighted by Crippen LogP contribution is -2.42. The van der Waals surface area contributed by atoms with E-state index in [1.807, 2.05) is 24.3 Å². The molecule has 23 heavy (non-hydrogen) atoms. The van der Waals surface area contributed by atoms with Crippen molar-refractivity contribution >= 4 is 28.8 Å². The molecule has 0 spiro atoms. The van der Waals surface area contributed by atoms with Crippen molar-refractivity contribution in [2.24, 2.45) is 0 Å². The summed E-state index contributed by atoms with van der Waals surface area (Å²) < 4.78 is 11.0. The molecule has 1 aliphatic rings. The Bertz CT molecular complexity index is 711. The molecule has 0 radical (unpaired) electrons. The lowest BCUT2D eigenvalue weighted by molar-refractivity contribution is -0.137. The van der Waals surface area contributed by atoms with E-state index in [-0.39, 0.29) is 12.5 Å². The largest absolute Gasteiger partial charge is 0.483 e. The van der Waals surface area contributed by atoms with Crippen molar-refractivity contribution in [1.29, 1.82) is 0 Å². The average molecular weight is 314 g/mol. The van der Waals surface area contributed by atoms with Gasteiger partial charge < -0.3 is 19.7 Å². The lowest BCUT2D eigenvalue weighted by atomic mass is 10.1. The van der Waals surface area contributed by atoms with Gasteiger partial charge in [0.25, 0.3) is 5.91 Å². The number of hydrogen-bond donors (Lipinski definition) is 1. The maximum Gasteiger partial charge on any atom is 0.260 e. The van der Waals surface area contributed by atoms with Crippen molar-refractivity contribution in [2.75, 3.05) is 38.2 Å². The second-order valence-corrected chi connectivity index (χ2v) is 5.20. The maximum absolute atomic E-state index is 12.2. The molecule has 2 aromatic rings. The van der Waals surface area contributed by atoms with Crippen LogP contribution in [0.2, 0.25) is 0 Å². The Morgan fingerprint density at radius 2 is 1.91 bits per heavy atom. The smallest absolute Gasteiger partial charge is 0.260 e.